The molecule has 2 amide bonds. The number of nitrogens with zero attached hydrogens (tertiary/aromatic N) is 4. The normalized spacial score (nSPS) is 17.4. The van der Waals surface area contributed by atoms with Crippen molar-refractivity contribution in [1.29, 1.82) is 0 Å². The zero-order valence-electron chi connectivity index (χ0n) is 17.8. The zero-order valence-corrected chi connectivity index (χ0v) is 17.8. The van der Waals surface area contributed by atoms with Gasteiger partial charge in [-0.05, 0) is 17.5 Å². The fourth-order valence-corrected chi connectivity index (χ4v) is 4.02. The molecule has 4 rings (SSSR count). The molecule has 1 saturated heterocycles. The van der Waals surface area contributed by atoms with Crippen molar-refractivity contribution in [2.24, 2.45) is 5.73 Å². The summed E-state index contributed by atoms with van der Waals surface area (Å²) in [7, 11) is 0. The van der Waals surface area contributed by atoms with E-state index in [1.165, 1.54) is 17.5 Å². The molecular weight excluding hydrogens is 394 g/mol. The Kier molecular flexibility index (Phi) is 6.43. The van der Waals surface area contributed by atoms with Crippen molar-refractivity contribution in [1.82, 2.24) is 25.1 Å². The molecule has 9 heteroatoms. The van der Waals surface area contributed by atoms with Crippen molar-refractivity contribution in [3.63, 3.8) is 0 Å². The molecule has 0 bridgehead atoms. The molecule has 4 N–H and O–H groups in total. The minimum absolute atomic E-state index is 0.0610. The van der Waals surface area contributed by atoms with E-state index < -0.39 is 0 Å². The number of carbonyl (C=O) groups excluding carboxylic acids is 2. The molecule has 1 aromatic carbocycles. The SMILES string of the molecule is CC(=O)N1CC(Nc2cc(C(=O)NCC(N)CN3CCc4ccccc4C3)ncn2)C1. The zero-order chi connectivity index (χ0) is 21.8. The van der Waals surface area contributed by atoms with Crippen LogP contribution in [0.1, 0.15) is 28.5 Å². The first kappa shape index (κ1) is 21.2. The number of likely N-dealkylation sites (tertiary alicyclic amines) is 1. The Bertz CT molecular complexity index is 945. The second kappa shape index (κ2) is 9.40. The summed E-state index contributed by atoms with van der Waals surface area (Å²) in [5, 5.41) is 6.11. The van der Waals surface area contributed by atoms with Gasteiger partial charge in [0.1, 0.15) is 17.8 Å². The van der Waals surface area contributed by atoms with E-state index in [0.717, 1.165) is 26.1 Å². The van der Waals surface area contributed by atoms with Crippen molar-refractivity contribution in [3.8, 4) is 0 Å². The van der Waals surface area contributed by atoms with E-state index >= 15 is 0 Å². The van der Waals surface area contributed by atoms with E-state index in [-0.39, 0.29) is 23.9 Å². The molecule has 1 unspecified atom stereocenters. The highest BCUT2D eigenvalue weighted by Crippen LogP contribution is 2.18. The van der Waals surface area contributed by atoms with Crippen LogP contribution < -0.4 is 16.4 Å². The minimum atomic E-state index is -0.274. The molecule has 164 valence electrons. The predicted molar refractivity (Wildman–Crippen MR) is 117 cm³/mol. The number of aromatic nitrogens is 2. The molecule has 1 fully saturated rings. The highest BCUT2D eigenvalue weighted by Gasteiger charge is 2.28. The number of fused-ring (bicyclic) bond motifs is 1. The van der Waals surface area contributed by atoms with Gasteiger partial charge in [0.15, 0.2) is 0 Å². The van der Waals surface area contributed by atoms with Crippen molar-refractivity contribution in [3.05, 3.63) is 53.5 Å². The van der Waals surface area contributed by atoms with Gasteiger partial charge in [0.25, 0.3) is 5.91 Å². The van der Waals surface area contributed by atoms with Crippen molar-refractivity contribution >= 4 is 17.6 Å². The van der Waals surface area contributed by atoms with Gasteiger partial charge in [-0.1, -0.05) is 24.3 Å². The smallest absolute Gasteiger partial charge is 0.270 e. The topological polar surface area (TPSA) is 116 Å². The summed E-state index contributed by atoms with van der Waals surface area (Å²) in [6.45, 7) is 5.79. The van der Waals surface area contributed by atoms with Crippen LogP contribution in [0, 0.1) is 0 Å². The number of rotatable bonds is 7. The molecular formula is C22H29N7O2. The largest absolute Gasteiger partial charge is 0.364 e. The van der Waals surface area contributed by atoms with Crippen molar-refractivity contribution in [2.75, 3.05) is 38.0 Å². The molecule has 1 atom stereocenters. The van der Waals surface area contributed by atoms with Crippen LogP contribution in [0.5, 0.6) is 0 Å². The maximum Gasteiger partial charge on any atom is 0.270 e. The maximum absolute atomic E-state index is 12.5. The van der Waals surface area contributed by atoms with Gasteiger partial charge in [0.2, 0.25) is 5.91 Å². The molecule has 0 spiro atoms. The van der Waals surface area contributed by atoms with Gasteiger partial charge in [0, 0.05) is 58.3 Å². The highest BCUT2D eigenvalue weighted by atomic mass is 16.2. The lowest BCUT2D eigenvalue weighted by Crippen LogP contribution is -2.56. The van der Waals surface area contributed by atoms with E-state index in [1.807, 2.05) is 0 Å². The number of hydrogen-bond donors (Lipinski definition) is 3. The molecule has 1 aromatic heterocycles. The molecule has 2 aromatic rings. The van der Waals surface area contributed by atoms with Crippen LogP contribution in [0.15, 0.2) is 36.7 Å². The first-order valence-electron chi connectivity index (χ1n) is 10.6. The summed E-state index contributed by atoms with van der Waals surface area (Å²) in [6, 6.07) is 10.1. The van der Waals surface area contributed by atoms with Crippen LogP contribution in [0.25, 0.3) is 0 Å². The third-order valence-electron chi connectivity index (χ3n) is 5.81. The van der Waals surface area contributed by atoms with Gasteiger partial charge in [-0.2, -0.15) is 0 Å². The van der Waals surface area contributed by atoms with Gasteiger partial charge in [-0.15, -0.1) is 0 Å². The van der Waals surface area contributed by atoms with Crippen LogP contribution >= 0.6 is 0 Å². The average molecular weight is 424 g/mol. The Morgan fingerprint density at radius 2 is 2.00 bits per heavy atom. The van der Waals surface area contributed by atoms with Gasteiger partial charge in [-0.25, -0.2) is 9.97 Å². The summed E-state index contributed by atoms with van der Waals surface area (Å²) in [6.07, 6.45) is 2.39. The first-order chi connectivity index (χ1) is 15.0. The lowest BCUT2D eigenvalue weighted by molar-refractivity contribution is -0.132. The molecule has 0 saturated carbocycles. The van der Waals surface area contributed by atoms with E-state index in [9.17, 15) is 9.59 Å². The molecule has 0 radical (unpaired) electrons. The number of nitrogens with one attached hydrogen (secondary N) is 2. The Morgan fingerprint density at radius 1 is 1.23 bits per heavy atom. The summed E-state index contributed by atoms with van der Waals surface area (Å²) in [5.74, 6) is 0.361. The Labute approximate surface area is 182 Å². The van der Waals surface area contributed by atoms with Crippen LogP contribution in [0.4, 0.5) is 5.82 Å². The third kappa shape index (κ3) is 5.36. The van der Waals surface area contributed by atoms with E-state index in [2.05, 4.69) is 49.8 Å². The average Bonchev–Trinajstić information content (AvgIpc) is 2.74. The number of nitrogens with two attached hydrogens (primary N) is 1. The first-order valence-corrected chi connectivity index (χ1v) is 10.6. The third-order valence-corrected chi connectivity index (χ3v) is 5.81. The second-order valence-electron chi connectivity index (χ2n) is 8.28. The lowest BCUT2D eigenvalue weighted by Gasteiger charge is -2.39. The van der Waals surface area contributed by atoms with Crippen LogP contribution in [0.2, 0.25) is 0 Å². The number of hydrogen-bond acceptors (Lipinski definition) is 7. The number of carbonyl (C=O) groups is 2. The lowest BCUT2D eigenvalue weighted by atomic mass is 9.99. The van der Waals surface area contributed by atoms with E-state index in [1.54, 1.807) is 17.9 Å². The summed E-state index contributed by atoms with van der Waals surface area (Å²) >= 11 is 0. The monoisotopic (exact) mass is 423 g/mol. The molecule has 0 aliphatic carbocycles. The van der Waals surface area contributed by atoms with Crippen LogP contribution in [0.3, 0.4) is 0 Å². The predicted octanol–water partition coefficient (Wildman–Crippen LogP) is 0.235. The summed E-state index contributed by atoms with van der Waals surface area (Å²) in [5.41, 5.74) is 9.33. The fourth-order valence-electron chi connectivity index (χ4n) is 4.02. The molecule has 3 heterocycles. The number of amides is 2. The van der Waals surface area contributed by atoms with E-state index in [0.29, 0.717) is 31.1 Å². The molecule has 31 heavy (non-hydrogen) atoms. The summed E-state index contributed by atoms with van der Waals surface area (Å²) in [4.78, 5) is 36.1. The molecule has 2 aliphatic rings. The van der Waals surface area contributed by atoms with Gasteiger partial charge in [0.05, 0.1) is 6.04 Å². The Morgan fingerprint density at radius 3 is 2.77 bits per heavy atom. The molecule has 9 nitrogen and oxygen atoms in total. The second-order valence-corrected chi connectivity index (χ2v) is 8.28. The van der Waals surface area contributed by atoms with Crippen LogP contribution in [-0.4, -0.2) is 76.4 Å². The van der Waals surface area contributed by atoms with Gasteiger partial charge < -0.3 is 21.3 Å². The minimum Gasteiger partial charge on any atom is -0.364 e. The molecule has 2 aliphatic heterocycles. The summed E-state index contributed by atoms with van der Waals surface area (Å²) < 4.78 is 0. The number of anilines is 1. The maximum atomic E-state index is 12.5. The Balaban J connectivity index is 1.23. The standard InChI is InChI=1S/C22H29N7O2/c1-15(30)29-12-19(13-29)27-21-8-20(25-14-26-21)22(31)24-9-18(23)11-28-7-6-16-4-2-3-5-17(16)10-28/h2-5,8,14,18-19H,6-7,9-13,23H2,1H3,(H,24,31)(H,25,26,27). The fraction of sp³-hybridized carbons (Fsp3) is 0.455. The van der Waals surface area contributed by atoms with Crippen LogP contribution in [-0.2, 0) is 17.8 Å². The number of benzene rings is 1. The van der Waals surface area contributed by atoms with Gasteiger partial charge in [-0.3, -0.25) is 14.5 Å². The van der Waals surface area contributed by atoms with Crippen molar-refractivity contribution < 1.29 is 9.59 Å². The Hall–Kier alpha value is -3.04. The van der Waals surface area contributed by atoms with E-state index in [4.69, 9.17) is 5.73 Å². The van der Waals surface area contributed by atoms with Gasteiger partial charge >= 0.3 is 0 Å². The highest BCUT2D eigenvalue weighted by molar-refractivity contribution is 5.92. The van der Waals surface area contributed by atoms with Crippen molar-refractivity contribution in [2.45, 2.75) is 32.0 Å². The quantitative estimate of drug-likeness (QED) is 0.584.